The Balaban J connectivity index is 1.26. The minimum atomic E-state index is -0.645. The molecule has 6 heteroatoms. The maximum Gasteiger partial charge on any atom is 0.349 e. The van der Waals surface area contributed by atoms with Gasteiger partial charge in [-0.1, -0.05) is 49.1 Å². The molecule has 0 bridgehead atoms. The van der Waals surface area contributed by atoms with Gasteiger partial charge in [0.05, 0.1) is 16.9 Å². The third kappa shape index (κ3) is 4.83. The van der Waals surface area contributed by atoms with Crippen LogP contribution in [-0.4, -0.2) is 18.5 Å². The fraction of sp³-hybridized carbons (Fsp3) is 0.0345. The van der Waals surface area contributed by atoms with Crippen LogP contribution in [0.1, 0.15) is 15.9 Å². The Morgan fingerprint density at radius 1 is 0.800 bits per heavy atom. The van der Waals surface area contributed by atoms with Crippen molar-refractivity contribution in [3.63, 3.8) is 0 Å². The number of nitrogens with one attached hydrogen (secondary N) is 1. The van der Waals surface area contributed by atoms with Crippen molar-refractivity contribution in [1.82, 2.24) is 0 Å². The molecule has 5 nitrogen and oxygen atoms in total. The highest BCUT2D eigenvalue weighted by Gasteiger charge is 2.37. The first kappa shape index (κ1) is 22.5. The van der Waals surface area contributed by atoms with Crippen LogP contribution in [0.5, 0.6) is 5.75 Å². The van der Waals surface area contributed by atoms with Crippen LogP contribution in [0, 0.1) is 0 Å². The number of ether oxygens (including phenoxy) is 2. The summed E-state index contributed by atoms with van der Waals surface area (Å²) in [4.78, 5) is 27.9. The average Bonchev–Trinajstić information content (AvgIpc) is 2.91. The first-order chi connectivity index (χ1) is 17.1. The summed E-state index contributed by atoms with van der Waals surface area (Å²) in [7, 11) is -0.291. The number of benzene rings is 4. The van der Waals surface area contributed by atoms with Gasteiger partial charge in [0.25, 0.3) is 0 Å². The normalized spacial score (nSPS) is 12.0. The fourth-order valence-corrected chi connectivity index (χ4v) is 6.04. The first-order valence-corrected chi connectivity index (χ1v) is 12.2. The van der Waals surface area contributed by atoms with E-state index in [-0.39, 0.29) is 10.9 Å². The zero-order valence-electron chi connectivity index (χ0n) is 18.8. The predicted molar refractivity (Wildman–Crippen MR) is 137 cm³/mol. The van der Waals surface area contributed by atoms with Crippen LogP contribution in [0.3, 0.4) is 0 Å². The molecule has 5 rings (SSSR count). The third-order valence-electron chi connectivity index (χ3n) is 5.48. The fourth-order valence-electron chi connectivity index (χ4n) is 3.78. The van der Waals surface area contributed by atoms with Crippen LogP contribution in [0.25, 0.3) is 6.08 Å². The van der Waals surface area contributed by atoms with Crippen molar-refractivity contribution in [3.05, 3.63) is 115 Å². The van der Waals surface area contributed by atoms with Crippen molar-refractivity contribution in [2.45, 2.75) is 14.7 Å². The van der Waals surface area contributed by atoms with Crippen molar-refractivity contribution in [3.8, 4) is 5.75 Å². The molecule has 0 aromatic heterocycles. The molecule has 1 aliphatic rings. The van der Waals surface area contributed by atoms with Crippen molar-refractivity contribution in [1.29, 1.82) is 0 Å². The second-order valence-corrected chi connectivity index (χ2v) is 9.73. The van der Waals surface area contributed by atoms with E-state index in [1.165, 1.54) is 9.79 Å². The molecule has 4 aromatic rings. The van der Waals surface area contributed by atoms with Gasteiger partial charge in [0.1, 0.15) is 16.6 Å². The highest BCUT2D eigenvalue weighted by molar-refractivity contribution is 7.97. The van der Waals surface area contributed by atoms with E-state index < -0.39 is 18.5 Å². The van der Waals surface area contributed by atoms with Crippen molar-refractivity contribution in [2.24, 2.45) is 0 Å². The molecule has 0 aliphatic carbocycles. The molecule has 4 aromatic carbocycles. The molecule has 35 heavy (non-hydrogen) atoms. The van der Waals surface area contributed by atoms with Gasteiger partial charge >= 0.3 is 11.9 Å². The molecule has 0 amide bonds. The number of fused-ring (bicyclic) bond motifs is 2. The van der Waals surface area contributed by atoms with E-state index in [0.29, 0.717) is 11.3 Å². The second-order valence-electron chi connectivity index (χ2n) is 7.77. The van der Waals surface area contributed by atoms with E-state index in [1.54, 1.807) is 42.5 Å². The second kappa shape index (κ2) is 9.91. The van der Waals surface area contributed by atoms with E-state index >= 15 is 0 Å². The zero-order chi connectivity index (χ0) is 24.2. The maximum absolute atomic E-state index is 12.2. The summed E-state index contributed by atoms with van der Waals surface area (Å²) in [5.41, 5.74) is 3.43. The van der Waals surface area contributed by atoms with E-state index in [2.05, 4.69) is 36.2 Å². The number of esters is 2. The van der Waals surface area contributed by atoms with Crippen molar-refractivity contribution >= 4 is 40.3 Å². The molecule has 0 unspecified atom stereocenters. The van der Waals surface area contributed by atoms with Gasteiger partial charge in [-0.25, -0.2) is 9.59 Å². The van der Waals surface area contributed by atoms with Gasteiger partial charge in [0.15, 0.2) is 21.3 Å². The Kier molecular flexibility index (Phi) is 6.37. The van der Waals surface area contributed by atoms with E-state index in [9.17, 15) is 9.59 Å². The number of anilines is 2. The highest BCUT2D eigenvalue weighted by atomic mass is 32.2. The summed E-state index contributed by atoms with van der Waals surface area (Å²) in [5.74, 6) is -0.836. The van der Waals surface area contributed by atoms with E-state index in [1.807, 2.05) is 36.4 Å². The largest absolute Gasteiger partial charge is 0.450 e. The minimum absolute atomic E-state index is 0.291. The Hall–Kier alpha value is -4.29. The quantitative estimate of drug-likeness (QED) is 0.177. The molecule has 0 fully saturated rings. The summed E-state index contributed by atoms with van der Waals surface area (Å²) in [6.45, 7) is 3.21. The molecular formula is C29H22NO4S+. The molecule has 1 heterocycles. The monoisotopic (exact) mass is 480 g/mol. The van der Waals surface area contributed by atoms with Gasteiger partial charge in [-0.2, -0.15) is 0 Å². The number of hydrogen-bond acceptors (Lipinski definition) is 5. The standard InChI is InChI=1S/C29H22NO4S/c1-2-20-11-13-21(14-12-20)29(32)33-19-28(31)34-22-15-17-23(18-16-22)35-26-9-5-3-7-24(26)30-25-8-4-6-10-27(25)35/h2-18,30H,1,19H2/q+1. The van der Waals surface area contributed by atoms with Gasteiger partial charge in [-0.05, 0) is 66.2 Å². The third-order valence-corrected chi connectivity index (χ3v) is 7.81. The first-order valence-electron chi connectivity index (χ1n) is 11.0. The van der Waals surface area contributed by atoms with Crippen molar-refractivity contribution < 1.29 is 19.1 Å². The molecule has 0 saturated carbocycles. The average molecular weight is 481 g/mol. The van der Waals surface area contributed by atoms with Crippen molar-refractivity contribution in [2.75, 3.05) is 11.9 Å². The Labute approximate surface area is 206 Å². The molecule has 1 N–H and O–H groups in total. The Morgan fingerprint density at radius 2 is 1.40 bits per heavy atom. The summed E-state index contributed by atoms with van der Waals surface area (Å²) in [5, 5.41) is 3.51. The van der Waals surface area contributed by atoms with E-state index in [0.717, 1.165) is 21.8 Å². The smallest absolute Gasteiger partial charge is 0.349 e. The topological polar surface area (TPSA) is 64.6 Å². The SMILES string of the molecule is C=Cc1ccc(C(=O)OCC(=O)Oc2ccc([S+]3c4ccccc4Nc4ccccc43)cc2)cc1. The lowest BCUT2D eigenvalue weighted by Crippen LogP contribution is -2.19. The predicted octanol–water partition coefficient (Wildman–Crippen LogP) is 6.24. The molecule has 0 saturated heterocycles. The van der Waals surface area contributed by atoms with Crippen LogP contribution < -0.4 is 10.1 Å². The lowest BCUT2D eigenvalue weighted by Gasteiger charge is -2.20. The minimum Gasteiger partial charge on any atom is -0.450 e. The summed E-state index contributed by atoms with van der Waals surface area (Å²) in [6.07, 6.45) is 1.68. The molecule has 1 aliphatic heterocycles. The number of hydrogen-bond donors (Lipinski definition) is 1. The van der Waals surface area contributed by atoms with Gasteiger partial charge in [-0.3, -0.25) is 0 Å². The van der Waals surface area contributed by atoms with Gasteiger partial charge in [-0.15, -0.1) is 0 Å². The number of para-hydroxylation sites is 2. The molecule has 0 atom stereocenters. The van der Waals surface area contributed by atoms with Crippen LogP contribution in [-0.2, 0) is 20.4 Å². The number of carbonyl (C=O) groups is 2. The molecule has 0 spiro atoms. The molecule has 172 valence electrons. The molecular weight excluding hydrogens is 458 g/mol. The lowest BCUT2D eigenvalue weighted by molar-refractivity contribution is -0.137. The van der Waals surface area contributed by atoms with Crippen LogP contribution in [0.15, 0.2) is 118 Å². The lowest BCUT2D eigenvalue weighted by atomic mass is 10.1. The highest BCUT2D eigenvalue weighted by Crippen LogP contribution is 2.44. The number of rotatable bonds is 6. The Bertz CT molecular complexity index is 1350. The maximum atomic E-state index is 12.2. The van der Waals surface area contributed by atoms with Crippen LogP contribution >= 0.6 is 0 Å². The Morgan fingerprint density at radius 3 is 2.00 bits per heavy atom. The van der Waals surface area contributed by atoms with Gasteiger partial charge in [0, 0.05) is 0 Å². The summed E-state index contributed by atoms with van der Waals surface area (Å²) < 4.78 is 10.5. The summed E-state index contributed by atoms with van der Waals surface area (Å²) in [6, 6.07) is 30.8. The van der Waals surface area contributed by atoms with Crippen LogP contribution in [0.4, 0.5) is 11.4 Å². The van der Waals surface area contributed by atoms with Gasteiger partial charge in [0.2, 0.25) is 0 Å². The van der Waals surface area contributed by atoms with Crippen LogP contribution in [0.2, 0.25) is 0 Å². The van der Waals surface area contributed by atoms with E-state index in [4.69, 9.17) is 9.47 Å². The summed E-state index contributed by atoms with van der Waals surface area (Å²) >= 11 is 0. The molecule has 0 radical (unpaired) electrons. The number of carbonyl (C=O) groups excluding carboxylic acids is 2. The zero-order valence-corrected chi connectivity index (χ0v) is 19.6. The van der Waals surface area contributed by atoms with Gasteiger partial charge < -0.3 is 14.8 Å².